The number of nitrogens with two attached hydrogens (primary N) is 1. The van der Waals surface area contributed by atoms with Crippen molar-refractivity contribution in [1.29, 1.82) is 0 Å². The van der Waals surface area contributed by atoms with Crippen molar-refractivity contribution in [1.82, 2.24) is 0 Å². The molecule has 2 unspecified atom stereocenters. The third-order valence-corrected chi connectivity index (χ3v) is 3.70. The molecule has 5 heteroatoms. The van der Waals surface area contributed by atoms with E-state index in [4.69, 9.17) is 22.7 Å². The minimum absolute atomic E-state index is 0.215. The molecular weight excluding hydrogens is 312 g/mol. The minimum atomic E-state index is 0.215. The maximum atomic E-state index is 5.80. The number of ether oxygens (including phenoxy) is 1. The molecule has 1 saturated heterocycles. The van der Waals surface area contributed by atoms with Crippen molar-refractivity contribution in [2.75, 3.05) is 18.0 Å². The second-order valence-electron chi connectivity index (χ2n) is 4.69. The molecular formula is C13H17BrN2OS. The molecule has 0 aliphatic carbocycles. The summed E-state index contributed by atoms with van der Waals surface area (Å²) >= 11 is 8.63. The average Bonchev–Trinajstić information content (AvgIpc) is 2.27. The molecule has 3 nitrogen and oxygen atoms in total. The highest BCUT2D eigenvalue weighted by Gasteiger charge is 2.24. The molecule has 2 rings (SSSR count). The number of thiocarbonyl (C=S) groups is 1. The number of benzene rings is 1. The predicted octanol–water partition coefficient (Wildman–Crippen LogP) is 2.70. The fourth-order valence-corrected chi connectivity index (χ4v) is 2.87. The van der Waals surface area contributed by atoms with Crippen LogP contribution < -0.4 is 10.6 Å². The molecule has 0 radical (unpaired) electrons. The first-order valence-corrected chi connectivity index (χ1v) is 7.17. The minimum Gasteiger partial charge on any atom is -0.389 e. The predicted molar refractivity (Wildman–Crippen MR) is 82.3 cm³/mol. The highest BCUT2D eigenvalue weighted by atomic mass is 79.9. The van der Waals surface area contributed by atoms with E-state index in [0.29, 0.717) is 4.99 Å². The summed E-state index contributed by atoms with van der Waals surface area (Å²) in [5, 5.41) is 0. The molecule has 2 N–H and O–H groups in total. The molecule has 0 spiro atoms. The quantitative estimate of drug-likeness (QED) is 0.847. The van der Waals surface area contributed by atoms with E-state index in [1.54, 1.807) is 0 Å². The summed E-state index contributed by atoms with van der Waals surface area (Å²) in [7, 11) is 0. The van der Waals surface area contributed by atoms with E-state index in [2.05, 4.69) is 40.7 Å². The van der Waals surface area contributed by atoms with Gasteiger partial charge < -0.3 is 15.4 Å². The molecule has 0 saturated carbocycles. The third kappa shape index (κ3) is 3.02. The Balaban J connectivity index is 2.36. The van der Waals surface area contributed by atoms with Crippen LogP contribution in [0, 0.1) is 0 Å². The van der Waals surface area contributed by atoms with Crippen molar-refractivity contribution >= 4 is 38.8 Å². The van der Waals surface area contributed by atoms with Crippen LogP contribution in [0.2, 0.25) is 0 Å². The topological polar surface area (TPSA) is 38.5 Å². The lowest BCUT2D eigenvalue weighted by Gasteiger charge is -2.37. The van der Waals surface area contributed by atoms with Crippen molar-refractivity contribution in [2.45, 2.75) is 26.1 Å². The number of nitrogens with zero attached hydrogens (tertiary/aromatic N) is 1. The van der Waals surface area contributed by atoms with E-state index in [-0.39, 0.29) is 12.2 Å². The first kappa shape index (κ1) is 13.8. The van der Waals surface area contributed by atoms with Gasteiger partial charge >= 0.3 is 0 Å². The summed E-state index contributed by atoms with van der Waals surface area (Å²) in [6.45, 7) is 5.88. The first-order valence-electron chi connectivity index (χ1n) is 5.97. The Hall–Kier alpha value is -0.650. The van der Waals surface area contributed by atoms with Gasteiger partial charge in [0.05, 0.1) is 12.2 Å². The van der Waals surface area contributed by atoms with Crippen LogP contribution in [0.15, 0.2) is 22.7 Å². The van der Waals surface area contributed by atoms with Crippen molar-refractivity contribution in [3.8, 4) is 0 Å². The molecule has 1 aromatic rings. The molecule has 1 heterocycles. The van der Waals surface area contributed by atoms with Crippen molar-refractivity contribution in [3.05, 3.63) is 28.2 Å². The van der Waals surface area contributed by atoms with Gasteiger partial charge in [0.1, 0.15) is 4.99 Å². The second-order valence-corrected chi connectivity index (χ2v) is 6.04. The zero-order valence-electron chi connectivity index (χ0n) is 10.5. The van der Waals surface area contributed by atoms with E-state index < -0.39 is 0 Å². The summed E-state index contributed by atoms with van der Waals surface area (Å²) in [6, 6.07) is 6.00. The van der Waals surface area contributed by atoms with E-state index >= 15 is 0 Å². The Morgan fingerprint density at radius 2 is 2.00 bits per heavy atom. The van der Waals surface area contributed by atoms with Gasteiger partial charge in [0, 0.05) is 28.8 Å². The number of halogens is 1. The monoisotopic (exact) mass is 328 g/mol. The van der Waals surface area contributed by atoms with Crippen LogP contribution >= 0.6 is 28.1 Å². The van der Waals surface area contributed by atoms with Gasteiger partial charge in [-0.05, 0) is 32.0 Å². The summed E-state index contributed by atoms with van der Waals surface area (Å²) in [6.07, 6.45) is 0.429. The summed E-state index contributed by atoms with van der Waals surface area (Å²) in [5.74, 6) is 0. The second kappa shape index (κ2) is 5.55. The van der Waals surface area contributed by atoms with Crippen LogP contribution in [0.25, 0.3) is 0 Å². The molecule has 2 atom stereocenters. The van der Waals surface area contributed by atoms with Gasteiger partial charge in [-0.25, -0.2) is 0 Å². The fourth-order valence-electron chi connectivity index (χ4n) is 2.35. The first-order chi connectivity index (χ1) is 8.47. The van der Waals surface area contributed by atoms with Crippen LogP contribution in [0.5, 0.6) is 0 Å². The smallest absolute Gasteiger partial charge is 0.106 e. The van der Waals surface area contributed by atoms with Gasteiger partial charge in [-0.15, -0.1) is 0 Å². The highest BCUT2D eigenvalue weighted by molar-refractivity contribution is 9.10. The number of hydrogen-bond acceptors (Lipinski definition) is 3. The lowest BCUT2D eigenvalue weighted by molar-refractivity contribution is -0.00522. The highest BCUT2D eigenvalue weighted by Crippen LogP contribution is 2.28. The normalized spacial score (nSPS) is 24.1. The maximum Gasteiger partial charge on any atom is 0.106 e. The molecule has 0 amide bonds. The zero-order chi connectivity index (χ0) is 13.3. The Kier molecular flexibility index (Phi) is 4.25. The van der Waals surface area contributed by atoms with Crippen LogP contribution in [0.4, 0.5) is 5.69 Å². The standard InChI is InChI=1S/C13H17BrN2OS/c1-8-6-16(7-9(2)17-8)12-5-10(14)3-4-11(12)13(15)18/h3-5,8-9H,6-7H2,1-2H3,(H2,15,18). The molecule has 98 valence electrons. The van der Waals surface area contributed by atoms with Gasteiger partial charge in [0.15, 0.2) is 0 Å². The van der Waals surface area contributed by atoms with Gasteiger partial charge in [0.25, 0.3) is 0 Å². The van der Waals surface area contributed by atoms with Crippen LogP contribution in [0.1, 0.15) is 19.4 Å². The molecule has 1 aliphatic rings. The van der Waals surface area contributed by atoms with E-state index in [1.807, 2.05) is 12.1 Å². The van der Waals surface area contributed by atoms with E-state index in [9.17, 15) is 0 Å². The molecule has 18 heavy (non-hydrogen) atoms. The zero-order valence-corrected chi connectivity index (χ0v) is 12.9. The van der Waals surface area contributed by atoms with Crippen LogP contribution in [-0.2, 0) is 4.74 Å². The Morgan fingerprint density at radius 1 is 1.39 bits per heavy atom. The number of hydrogen-bond donors (Lipinski definition) is 1. The number of anilines is 1. The molecule has 1 aliphatic heterocycles. The fraction of sp³-hybridized carbons (Fsp3) is 0.462. The Bertz CT molecular complexity index is 456. The van der Waals surface area contributed by atoms with Crippen LogP contribution in [-0.4, -0.2) is 30.3 Å². The summed E-state index contributed by atoms with van der Waals surface area (Å²) < 4.78 is 6.78. The van der Waals surface area contributed by atoms with E-state index in [0.717, 1.165) is 28.8 Å². The molecule has 1 aromatic carbocycles. The van der Waals surface area contributed by atoms with Crippen molar-refractivity contribution in [2.24, 2.45) is 5.73 Å². The van der Waals surface area contributed by atoms with Gasteiger partial charge in [-0.3, -0.25) is 0 Å². The van der Waals surface area contributed by atoms with E-state index in [1.165, 1.54) is 0 Å². The maximum absolute atomic E-state index is 5.80. The van der Waals surface area contributed by atoms with Crippen molar-refractivity contribution < 1.29 is 4.74 Å². The van der Waals surface area contributed by atoms with Crippen LogP contribution in [0.3, 0.4) is 0 Å². The SMILES string of the molecule is CC1CN(c2cc(Br)ccc2C(N)=S)CC(C)O1. The molecule has 0 aromatic heterocycles. The Labute approximate surface area is 121 Å². The van der Waals surface area contributed by atoms with Crippen molar-refractivity contribution in [3.63, 3.8) is 0 Å². The Morgan fingerprint density at radius 3 is 2.56 bits per heavy atom. The molecule has 1 fully saturated rings. The van der Waals surface area contributed by atoms with Gasteiger partial charge in [-0.2, -0.15) is 0 Å². The number of rotatable bonds is 2. The van der Waals surface area contributed by atoms with Gasteiger partial charge in [-0.1, -0.05) is 28.1 Å². The molecule has 0 bridgehead atoms. The van der Waals surface area contributed by atoms with Gasteiger partial charge in [0.2, 0.25) is 0 Å². The third-order valence-electron chi connectivity index (χ3n) is 2.99. The average molecular weight is 329 g/mol. The summed E-state index contributed by atoms with van der Waals surface area (Å²) in [4.78, 5) is 2.72. The summed E-state index contributed by atoms with van der Waals surface area (Å²) in [5.41, 5.74) is 7.81. The number of morpholine rings is 1. The lowest BCUT2D eigenvalue weighted by atomic mass is 10.1. The lowest BCUT2D eigenvalue weighted by Crippen LogP contribution is -2.46. The largest absolute Gasteiger partial charge is 0.389 e.